The second-order valence-electron chi connectivity index (χ2n) is 10.2. The highest BCUT2D eigenvalue weighted by molar-refractivity contribution is 6.17. The molecule has 3 aliphatic heterocycles. The molecule has 1 unspecified atom stereocenters. The van der Waals surface area contributed by atoms with Crippen LogP contribution in [0.3, 0.4) is 0 Å². The van der Waals surface area contributed by atoms with Gasteiger partial charge in [0.2, 0.25) is 11.0 Å². The van der Waals surface area contributed by atoms with Gasteiger partial charge in [0, 0.05) is 28.3 Å². The van der Waals surface area contributed by atoms with E-state index in [1.807, 2.05) is 6.26 Å². The molecule has 11 rings (SSSR count). The number of ether oxygens (including phenoxy) is 1. The molecule has 0 N–H and O–H groups in total. The number of hydrogen-bond acceptors (Lipinski definition) is 2. The number of hydrogen-bond donors (Lipinski definition) is 0. The zero-order chi connectivity index (χ0) is 22.9. The molecule has 1 atom stereocenters. The quantitative estimate of drug-likeness (QED) is 0.208. The predicted octanol–water partition coefficient (Wildman–Crippen LogP) is 5.90. The minimum Gasteiger partial charge on any atom is -0.456 e. The van der Waals surface area contributed by atoms with Crippen molar-refractivity contribution in [2.45, 2.75) is 5.66 Å². The number of rotatable bonds is 0. The fraction of sp³-hybridized carbons (Fsp3) is 0.0323. The third kappa shape index (κ3) is 1.38. The maximum absolute atomic E-state index is 6.72. The van der Waals surface area contributed by atoms with Gasteiger partial charge in [0.1, 0.15) is 28.1 Å². The van der Waals surface area contributed by atoms with Crippen LogP contribution < -0.4 is 13.9 Å². The van der Waals surface area contributed by atoms with Crippen molar-refractivity contribution in [3.05, 3.63) is 102 Å². The molecule has 3 aliphatic rings. The van der Waals surface area contributed by atoms with Gasteiger partial charge in [0.15, 0.2) is 6.20 Å². The van der Waals surface area contributed by atoms with Crippen molar-refractivity contribution in [2.24, 2.45) is 0 Å². The van der Waals surface area contributed by atoms with Crippen LogP contribution in [0.4, 0.5) is 0 Å². The summed E-state index contributed by atoms with van der Waals surface area (Å²) in [6.45, 7) is 0. The van der Waals surface area contributed by atoms with Crippen LogP contribution in [0.2, 0.25) is 0 Å². The summed E-state index contributed by atoms with van der Waals surface area (Å²) in [6.07, 6.45) is 4.05. The number of pyridine rings is 2. The number of nitrogens with zero attached hydrogens (tertiary/aromatic N) is 3. The van der Waals surface area contributed by atoms with Gasteiger partial charge in [0.25, 0.3) is 0 Å². The Bertz CT molecular complexity index is 2410. The first kappa shape index (κ1) is 16.7. The Morgan fingerprint density at radius 3 is 2.50 bits per heavy atom. The Morgan fingerprint density at radius 1 is 0.694 bits per heavy atom. The van der Waals surface area contributed by atoms with Gasteiger partial charge in [0.05, 0.1) is 17.0 Å². The third-order valence-corrected chi connectivity index (χ3v) is 8.81. The minimum atomic E-state index is -0.629. The Morgan fingerprint density at radius 2 is 1.53 bits per heavy atom. The number of furan rings is 1. The molecule has 0 bridgehead atoms. The average Bonchev–Trinajstić information content (AvgIpc) is 3.66. The van der Waals surface area contributed by atoms with Crippen molar-refractivity contribution < 1.29 is 18.3 Å². The molecule has 164 valence electrons. The summed E-state index contributed by atoms with van der Waals surface area (Å²) < 4.78 is 20.3. The van der Waals surface area contributed by atoms with E-state index in [0.717, 1.165) is 28.4 Å². The Hall–Kier alpha value is -4.90. The van der Waals surface area contributed by atoms with Gasteiger partial charge >= 0.3 is 17.0 Å². The van der Waals surface area contributed by atoms with Crippen molar-refractivity contribution >= 4 is 60.2 Å². The molecule has 0 amide bonds. The SMILES string of the molecule is c1ccc2c(c1)c1ccc3c4c1c1n2c2ccoc2[n+]1C41c2c(ccc4ccc5ccc[n+]1c5c24)O3. The van der Waals surface area contributed by atoms with Gasteiger partial charge < -0.3 is 9.15 Å². The normalized spacial score (nSPS) is 18.3. The van der Waals surface area contributed by atoms with Crippen molar-refractivity contribution in [1.29, 1.82) is 0 Å². The Kier molecular flexibility index (Phi) is 2.27. The molecular formula is C31H15N3O2+2. The maximum atomic E-state index is 6.72. The molecule has 0 saturated heterocycles. The van der Waals surface area contributed by atoms with E-state index in [0.29, 0.717) is 0 Å². The van der Waals surface area contributed by atoms with Crippen LogP contribution >= 0.6 is 0 Å². The zero-order valence-corrected chi connectivity index (χ0v) is 18.8. The number of imidazole rings is 1. The topological polar surface area (TPSA) is 34.5 Å². The summed E-state index contributed by atoms with van der Waals surface area (Å²) >= 11 is 0. The highest BCUT2D eigenvalue weighted by atomic mass is 16.5. The molecule has 5 nitrogen and oxygen atoms in total. The minimum absolute atomic E-state index is 0.629. The highest BCUT2D eigenvalue weighted by Crippen LogP contribution is 2.57. The van der Waals surface area contributed by atoms with E-state index < -0.39 is 5.66 Å². The molecule has 0 radical (unpaired) electrons. The van der Waals surface area contributed by atoms with Crippen LogP contribution in [0, 0.1) is 0 Å². The lowest BCUT2D eigenvalue weighted by atomic mass is 9.85. The third-order valence-electron chi connectivity index (χ3n) is 8.81. The fourth-order valence-electron chi connectivity index (χ4n) is 7.69. The van der Waals surface area contributed by atoms with E-state index in [4.69, 9.17) is 9.15 Å². The van der Waals surface area contributed by atoms with E-state index in [9.17, 15) is 0 Å². The summed E-state index contributed by atoms with van der Waals surface area (Å²) in [5.41, 5.74) is 7.30. The summed E-state index contributed by atoms with van der Waals surface area (Å²) in [5.74, 6) is 1.82. The summed E-state index contributed by atoms with van der Waals surface area (Å²) in [4.78, 5) is 0. The largest absolute Gasteiger partial charge is 0.456 e. The Labute approximate surface area is 202 Å². The van der Waals surface area contributed by atoms with Crippen LogP contribution in [0.1, 0.15) is 11.1 Å². The van der Waals surface area contributed by atoms with Crippen molar-refractivity contribution in [3.63, 3.8) is 0 Å². The smallest absolute Gasteiger partial charge is 0.374 e. The fourth-order valence-corrected chi connectivity index (χ4v) is 7.69. The number of para-hydroxylation sites is 1. The van der Waals surface area contributed by atoms with E-state index in [-0.39, 0.29) is 0 Å². The van der Waals surface area contributed by atoms with Gasteiger partial charge in [-0.25, -0.2) is 0 Å². The number of benzene rings is 4. The highest BCUT2D eigenvalue weighted by Gasteiger charge is 2.68. The molecule has 5 heteroatoms. The van der Waals surface area contributed by atoms with E-state index in [1.54, 1.807) is 0 Å². The van der Waals surface area contributed by atoms with Gasteiger partial charge in [-0.3, -0.25) is 0 Å². The summed E-state index contributed by atoms with van der Waals surface area (Å²) in [7, 11) is 0. The second kappa shape index (κ2) is 4.90. The van der Waals surface area contributed by atoms with E-state index in [2.05, 4.69) is 98.6 Å². The zero-order valence-electron chi connectivity index (χ0n) is 18.8. The van der Waals surface area contributed by atoms with Gasteiger partial charge in [-0.15, -0.1) is 9.13 Å². The molecule has 4 aromatic carbocycles. The lowest BCUT2D eigenvalue weighted by molar-refractivity contribution is -0.936. The van der Waals surface area contributed by atoms with Gasteiger partial charge in [-0.05, 0) is 41.8 Å². The summed E-state index contributed by atoms with van der Waals surface area (Å²) in [5, 5.41) is 7.42. The second-order valence-corrected chi connectivity index (χ2v) is 10.2. The van der Waals surface area contributed by atoms with Crippen LogP contribution in [0.5, 0.6) is 11.5 Å². The molecule has 0 saturated carbocycles. The van der Waals surface area contributed by atoms with Crippen molar-refractivity contribution in [3.8, 4) is 11.5 Å². The van der Waals surface area contributed by atoms with Gasteiger partial charge in [-0.2, -0.15) is 4.40 Å². The first-order chi connectivity index (χ1) is 17.9. The van der Waals surface area contributed by atoms with Crippen molar-refractivity contribution in [2.75, 3.05) is 0 Å². The lowest BCUT2D eigenvalue weighted by Gasteiger charge is -2.27. The first-order valence-electron chi connectivity index (χ1n) is 12.3. The average molecular weight is 461 g/mol. The molecule has 0 aliphatic carbocycles. The van der Waals surface area contributed by atoms with Crippen molar-refractivity contribution in [1.82, 2.24) is 4.40 Å². The van der Waals surface area contributed by atoms with Gasteiger partial charge in [-0.1, -0.05) is 30.3 Å². The maximum Gasteiger partial charge on any atom is 0.374 e. The van der Waals surface area contributed by atoms with E-state index >= 15 is 0 Å². The molecule has 7 heterocycles. The van der Waals surface area contributed by atoms with Crippen LogP contribution in [-0.2, 0) is 5.66 Å². The first-order valence-corrected chi connectivity index (χ1v) is 12.3. The molecule has 0 fully saturated rings. The molecule has 36 heavy (non-hydrogen) atoms. The monoisotopic (exact) mass is 461 g/mol. The number of fused-ring (bicyclic) bond motifs is 6. The lowest BCUT2D eigenvalue weighted by Crippen LogP contribution is -2.71. The summed E-state index contributed by atoms with van der Waals surface area (Å²) in [6, 6.07) is 28.3. The Balaban J connectivity index is 1.56. The van der Waals surface area contributed by atoms with E-state index in [1.165, 1.54) is 54.5 Å². The van der Waals surface area contributed by atoms with Crippen LogP contribution in [-0.4, -0.2) is 4.40 Å². The number of aromatic nitrogens is 3. The molecule has 8 aromatic rings. The predicted molar refractivity (Wildman–Crippen MR) is 136 cm³/mol. The standard InChI is InChI=1S/C31H15N3O2/c1-2-6-20-18(5-1)19-10-12-23-27-25(19)29-33(20)21-13-15-35-30(21)34(29)31(27)26-22(36-23)11-9-16-7-8-17-4-3-14-32(31)28(17)24(16)26/h1-15H/q+2. The molecule has 4 aromatic heterocycles. The molecular weight excluding hydrogens is 446 g/mol. The van der Waals surface area contributed by atoms with Crippen LogP contribution in [0.15, 0.2) is 95.7 Å². The molecule has 1 spiro atoms. The van der Waals surface area contributed by atoms with Crippen LogP contribution in [0.25, 0.3) is 60.2 Å².